The van der Waals surface area contributed by atoms with Gasteiger partial charge in [-0.05, 0) is 31.0 Å². The van der Waals surface area contributed by atoms with Crippen LogP contribution in [0.15, 0.2) is 24.3 Å². The molecule has 0 radical (unpaired) electrons. The fourth-order valence-corrected chi connectivity index (χ4v) is 2.51. The van der Waals surface area contributed by atoms with Crippen molar-refractivity contribution in [2.24, 2.45) is 5.73 Å². The molecule has 0 aromatic heterocycles. The highest BCUT2D eigenvalue weighted by atomic mass is 16.5. The number of benzene rings is 1. The zero-order valence-electron chi connectivity index (χ0n) is 12.9. The number of carbonyl (C=O) groups is 2. The van der Waals surface area contributed by atoms with Crippen molar-refractivity contribution in [1.82, 2.24) is 0 Å². The number of methoxy groups -OCH3 is 1. The SMILES string of the molecule is CO[C@H](CN)CC(=O)Nc1cccc(N2CCCCC2=O)c1. The number of nitrogens with one attached hydrogen (secondary N) is 1. The molecule has 2 rings (SSSR count). The lowest BCUT2D eigenvalue weighted by Gasteiger charge is -2.27. The van der Waals surface area contributed by atoms with Crippen LogP contribution in [-0.2, 0) is 14.3 Å². The van der Waals surface area contributed by atoms with Crippen molar-refractivity contribution < 1.29 is 14.3 Å². The molecule has 120 valence electrons. The van der Waals surface area contributed by atoms with Gasteiger partial charge in [0.25, 0.3) is 0 Å². The highest BCUT2D eigenvalue weighted by molar-refractivity contribution is 5.96. The van der Waals surface area contributed by atoms with E-state index in [0.717, 1.165) is 25.1 Å². The van der Waals surface area contributed by atoms with Gasteiger partial charge in [-0.2, -0.15) is 0 Å². The smallest absolute Gasteiger partial charge is 0.227 e. The topological polar surface area (TPSA) is 84.7 Å². The van der Waals surface area contributed by atoms with Crippen molar-refractivity contribution in [1.29, 1.82) is 0 Å². The number of nitrogens with zero attached hydrogens (tertiary/aromatic N) is 1. The molecule has 2 amide bonds. The van der Waals surface area contributed by atoms with Crippen LogP contribution in [0.25, 0.3) is 0 Å². The second-order valence-electron chi connectivity index (χ2n) is 5.40. The second-order valence-corrected chi connectivity index (χ2v) is 5.40. The first-order valence-corrected chi connectivity index (χ1v) is 7.57. The summed E-state index contributed by atoms with van der Waals surface area (Å²) in [5.74, 6) is -0.0169. The minimum Gasteiger partial charge on any atom is -0.380 e. The summed E-state index contributed by atoms with van der Waals surface area (Å²) in [7, 11) is 1.54. The molecule has 1 saturated heterocycles. The summed E-state index contributed by atoms with van der Waals surface area (Å²) in [4.78, 5) is 25.7. The molecule has 1 fully saturated rings. The summed E-state index contributed by atoms with van der Waals surface area (Å²) < 4.78 is 5.10. The van der Waals surface area contributed by atoms with E-state index < -0.39 is 0 Å². The molecule has 22 heavy (non-hydrogen) atoms. The first-order valence-electron chi connectivity index (χ1n) is 7.57. The molecular weight excluding hydrogens is 282 g/mol. The van der Waals surface area contributed by atoms with Crippen molar-refractivity contribution in [3.05, 3.63) is 24.3 Å². The minimum atomic E-state index is -0.285. The van der Waals surface area contributed by atoms with E-state index in [-0.39, 0.29) is 24.3 Å². The molecule has 1 aliphatic rings. The zero-order valence-corrected chi connectivity index (χ0v) is 12.9. The van der Waals surface area contributed by atoms with Crippen molar-refractivity contribution in [2.45, 2.75) is 31.8 Å². The quantitative estimate of drug-likeness (QED) is 0.834. The van der Waals surface area contributed by atoms with Gasteiger partial charge >= 0.3 is 0 Å². The van der Waals surface area contributed by atoms with Gasteiger partial charge in [0.15, 0.2) is 0 Å². The number of anilines is 2. The highest BCUT2D eigenvalue weighted by Crippen LogP contribution is 2.24. The summed E-state index contributed by atoms with van der Waals surface area (Å²) in [5.41, 5.74) is 7.01. The van der Waals surface area contributed by atoms with E-state index in [9.17, 15) is 9.59 Å². The van der Waals surface area contributed by atoms with E-state index in [1.807, 2.05) is 18.2 Å². The summed E-state index contributed by atoms with van der Waals surface area (Å²) in [6.07, 6.45) is 2.46. The lowest BCUT2D eigenvalue weighted by molar-refractivity contribution is -0.119. The molecule has 1 aromatic rings. The number of rotatable bonds is 6. The summed E-state index contributed by atoms with van der Waals surface area (Å²) in [5, 5.41) is 2.82. The van der Waals surface area contributed by atoms with Gasteiger partial charge < -0.3 is 20.7 Å². The first-order chi connectivity index (χ1) is 10.6. The molecule has 1 aliphatic heterocycles. The van der Waals surface area contributed by atoms with Crippen LogP contribution in [0.1, 0.15) is 25.7 Å². The second kappa shape index (κ2) is 7.91. The Morgan fingerprint density at radius 3 is 2.95 bits per heavy atom. The Bertz CT molecular complexity index is 529. The van der Waals surface area contributed by atoms with E-state index in [1.54, 1.807) is 11.0 Å². The lowest BCUT2D eigenvalue weighted by Crippen LogP contribution is -2.35. The van der Waals surface area contributed by atoms with Crippen LogP contribution >= 0.6 is 0 Å². The van der Waals surface area contributed by atoms with Gasteiger partial charge in [0, 0.05) is 38.0 Å². The third kappa shape index (κ3) is 4.29. The number of ether oxygens (including phenoxy) is 1. The van der Waals surface area contributed by atoms with Crippen LogP contribution in [0, 0.1) is 0 Å². The predicted molar refractivity (Wildman–Crippen MR) is 85.7 cm³/mol. The van der Waals surface area contributed by atoms with E-state index in [4.69, 9.17) is 10.5 Å². The third-order valence-corrected chi connectivity index (χ3v) is 3.77. The molecule has 0 bridgehead atoms. The van der Waals surface area contributed by atoms with Gasteiger partial charge in [-0.15, -0.1) is 0 Å². The third-order valence-electron chi connectivity index (χ3n) is 3.77. The lowest BCUT2D eigenvalue weighted by atomic mass is 10.1. The van der Waals surface area contributed by atoms with Gasteiger partial charge in [0.1, 0.15) is 0 Å². The Morgan fingerprint density at radius 1 is 1.45 bits per heavy atom. The average molecular weight is 305 g/mol. The van der Waals surface area contributed by atoms with E-state index in [2.05, 4.69) is 5.32 Å². The molecular formula is C16H23N3O3. The van der Waals surface area contributed by atoms with E-state index in [1.165, 1.54) is 7.11 Å². The number of piperidine rings is 1. The fourth-order valence-electron chi connectivity index (χ4n) is 2.51. The van der Waals surface area contributed by atoms with Crippen LogP contribution in [0.4, 0.5) is 11.4 Å². The predicted octanol–water partition coefficient (Wildman–Crippen LogP) is 1.51. The van der Waals surface area contributed by atoms with Crippen molar-refractivity contribution in [3.8, 4) is 0 Å². The highest BCUT2D eigenvalue weighted by Gasteiger charge is 2.20. The number of hydrogen-bond acceptors (Lipinski definition) is 4. The minimum absolute atomic E-state index is 0.136. The Balaban J connectivity index is 2.02. The monoisotopic (exact) mass is 305 g/mol. The Hall–Kier alpha value is -1.92. The van der Waals surface area contributed by atoms with Gasteiger partial charge in [-0.3, -0.25) is 9.59 Å². The Kier molecular flexibility index (Phi) is 5.91. The van der Waals surface area contributed by atoms with Crippen molar-refractivity contribution in [2.75, 3.05) is 30.4 Å². The van der Waals surface area contributed by atoms with E-state index in [0.29, 0.717) is 18.7 Å². The Labute approximate surface area is 130 Å². The largest absolute Gasteiger partial charge is 0.380 e. The Morgan fingerprint density at radius 2 is 2.27 bits per heavy atom. The van der Waals surface area contributed by atoms with Crippen LogP contribution < -0.4 is 16.0 Å². The molecule has 1 heterocycles. The number of amides is 2. The molecule has 3 N–H and O–H groups in total. The van der Waals surface area contributed by atoms with Crippen LogP contribution in [0.5, 0.6) is 0 Å². The molecule has 6 nitrogen and oxygen atoms in total. The van der Waals surface area contributed by atoms with Gasteiger partial charge in [-0.25, -0.2) is 0 Å². The molecule has 6 heteroatoms. The van der Waals surface area contributed by atoms with Crippen molar-refractivity contribution in [3.63, 3.8) is 0 Å². The summed E-state index contributed by atoms with van der Waals surface area (Å²) >= 11 is 0. The van der Waals surface area contributed by atoms with Gasteiger partial charge in [0.2, 0.25) is 11.8 Å². The number of nitrogens with two attached hydrogens (primary N) is 1. The fraction of sp³-hybridized carbons (Fsp3) is 0.500. The maximum absolute atomic E-state index is 12.0. The molecule has 0 unspecified atom stereocenters. The standard InChI is InChI=1S/C16H23N3O3/c1-22-14(11-17)10-15(20)18-12-5-4-6-13(9-12)19-8-3-2-7-16(19)21/h4-6,9,14H,2-3,7-8,10-11,17H2,1H3,(H,18,20)/t14-/m0/s1. The average Bonchev–Trinajstić information content (AvgIpc) is 2.53. The molecule has 1 atom stereocenters. The normalized spacial score (nSPS) is 16.5. The van der Waals surface area contributed by atoms with Crippen molar-refractivity contribution >= 4 is 23.2 Å². The molecule has 0 spiro atoms. The maximum atomic E-state index is 12.0. The molecule has 0 aliphatic carbocycles. The van der Waals surface area contributed by atoms with E-state index >= 15 is 0 Å². The van der Waals surface area contributed by atoms with Gasteiger partial charge in [-0.1, -0.05) is 6.07 Å². The first kappa shape index (κ1) is 16.5. The summed E-state index contributed by atoms with van der Waals surface area (Å²) in [6, 6.07) is 7.35. The van der Waals surface area contributed by atoms with Gasteiger partial charge in [0.05, 0.1) is 12.5 Å². The van der Waals surface area contributed by atoms with Crippen LogP contribution in [0.3, 0.4) is 0 Å². The molecule has 0 saturated carbocycles. The van der Waals surface area contributed by atoms with Crippen LogP contribution in [0.2, 0.25) is 0 Å². The van der Waals surface area contributed by atoms with Crippen LogP contribution in [-0.4, -0.2) is 38.1 Å². The number of hydrogen-bond donors (Lipinski definition) is 2. The molecule has 1 aromatic carbocycles. The maximum Gasteiger partial charge on any atom is 0.227 e. The zero-order chi connectivity index (χ0) is 15.9. The number of carbonyl (C=O) groups excluding carboxylic acids is 2. The summed E-state index contributed by atoms with van der Waals surface area (Å²) in [6.45, 7) is 1.03.